The number of carbonyl (C=O) groups excluding carboxylic acids is 1. The van der Waals surface area contributed by atoms with Gasteiger partial charge < -0.3 is 15.3 Å². The first-order valence-electron chi connectivity index (χ1n) is 8.68. The van der Waals surface area contributed by atoms with Crippen molar-refractivity contribution in [2.24, 2.45) is 0 Å². The van der Waals surface area contributed by atoms with Gasteiger partial charge in [-0.1, -0.05) is 0 Å². The lowest BCUT2D eigenvalue weighted by molar-refractivity contribution is 0.0130. The van der Waals surface area contributed by atoms with Gasteiger partial charge in [-0.2, -0.15) is 5.10 Å². The van der Waals surface area contributed by atoms with Crippen LogP contribution in [0.5, 0.6) is 0 Å². The minimum Gasteiger partial charge on any atom is -0.389 e. The number of aromatic nitrogens is 2. The Labute approximate surface area is 144 Å². The minimum absolute atomic E-state index is 0.0766. The first-order chi connectivity index (χ1) is 11.1. The van der Waals surface area contributed by atoms with Gasteiger partial charge in [0, 0.05) is 38.8 Å². The summed E-state index contributed by atoms with van der Waals surface area (Å²) in [6.45, 7) is 15.2. The minimum atomic E-state index is -0.715. The average Bonchev–Trinajstić information content (AvgIpc) is 2.73. The molecule has 7 heteroatoms. The van der Waals surface area contributed by atoms with E-state index in [0.717, 1.165) is 36.7 Å². The highest BCUT2D eigenvalue weighted by molar-refractivity contribution is 5.90. The van der Waals surface area contributed by atoms with E-state index in [2.05, 4.69) is 15.3 Å². The number of piperazine rings is 1. The number of urea groups is 1. The standard InChI is InChI=1S/C17H31N5O2/c1-7-22-14(4)15(13(3)19-22)18-16(23)21-9-8-20(10-12(21)2)11-17(5,6)24/h12,24H,7-11H2,1-6H3,(H,18,23)/t12-/m0/s1. The molecule has 1 aliphatic heterocycles. The Morgan fingerprint density at radius 2 is 2.04 bits per heavy atom. The molecule has 1 aromatic rings. The van der Waals surface area contributed by atoms with Crippen molar-refractivity contribution in [3.05, 3.63) is 11.4 Å². The fraction of sp³-hybridized carbons (Fsp3) is 0.765. The van der Waals surface area contributed by atoms with Crippen molar-refractivity contribution in [2.75, 3.05) is 31.5 Å². The highest BCUT2D eigenvalue weighted by Crippen LogP contribution is 2.21. The van der Waals surface area contributed by atoms with Crippen LogP contribution in [0.3, 0.4) is 0 Å². The molecule has 0 unspecified atom stereocenters. The van der Waals surface area contributed by atoms with Crippen LogP contribution >= 0.6 is 0 Å². The smallest absolute Gasteiger partial charge is 0.322 e. The largest absolute Gasteiger partial charge is 0.389 e. The maximum atomic E-state index is 12.7. The van der Waals surface area contributed by atoms with Crippen LogP contribution in [0.4, 0.5) is 10.5 Å². The zero-order chi connectivity index (χ0) is 18.1. The van der Waals surface area contributed by atoms with E-state index in [4.69, 9.17) is 0 Å². The van der Waals surface area contributed by atoms with Crippen LogP contribution in [0.2, 0.25) is 0 Å². The Morgan fingerprint density at radius 1 is 1.38 bits per heavy atom. The van der Waals surface area contributed by atoms with Crippen LogP contribution in [0.15, 0.2) is 0 Å². The van der Waals surface area contributed by atoms with Gasteiger partial charge in [-0.3, -0.25) is 9.58 Å². The number of nitrogens with one attached hydrogen (secondary N) is 1. The summed E-state index contributed by atoms with van der Waals surface area (Å²) in [5.74, 6) is 0. The molecule has 0 bridgehead atoms. The van der Waals surface area contributed by atoms with Crippen molar-refractivity contribution in [1.29, 1.82) is 0 Å². The molecular weight excluding hydrogens is 306 g/mol. The van der Waals surface area contributed by atoms with Gasteiger partial charge in [0.05, 0.1) is 22.7 Å². The van der Waals surface area contributed by atoms with Crippen LogP contribution in [-0.2, 0) is 6.54 Å². The van der Waals surface area contributed by atoms with Crippen molar-refractivity contribution >= 4 is 11.7 Å². The maximum absolute atomic E-state index is 12.7. The highest BCUT2D eigenvalue weighted by Gasteiger charge is 2.30. The second-order valence-corrected chi connectivity index (χ2v) is 7.38. The van der Waals surface area contributed by atoms with Gasteiger partial charge in [0.1, 0.15) is 0 Å². The van der Waals surface area contributed by atoms with Crippen LogP contribution in [0.25, 0.3) is 0 Å². The van der Waals surface area contributed by atoms with E-state index in [1.54, 1.807) is 0 Å². The molecule has 7 nitrogen and oxygen atoms in total. The number of rotatable bonds is 4. The molecule has 0 radical (unpaired) electrons. The Kier molecular flexibility index (Phi) is 5.55. The molecule has 1 aromatic heterocycles. The van der Waals surface area contributed by atoms with E-state index < -0.39 is 5.60 Å². The number of hydrogen-bond acceptors (Lipinski definition) is 4. The predicted molar refractivity (Wildman–Crippen MR) is 95.3 cm³/mol. The molecule has 1 aliphatic rings. The molecule has 0 spiro atoms. The second-order valence-electron chi connectivity index (χ2n) is 7.38. The number of aliphatic hydroxyl groups is 1. The lowest BCUT2D eigenvalue weighted by Gasteiger charge is -2.41. The van der Waals surface area contributed by atoms with E-state index in [0.29, 0.717) is 13.1 Å². The fourth-order valence-corrected chi connectivity index (χ4v) is 3.39. The monoisotopic (exact) mass is 337 g/mol. The van der Waals surface area contributed by atoms with E-state index in [-0.39, 0.29) is 12.1 Å². The third-order valence-corrected chi connectivity index (χ3v) is 4.50. The summed E-state index contributed by atoms with van der Waals surface area (Å²) < 4.78 is 1.90. The second kappa shape index (κ2) is 7.11. The molecule has 1 saturated heterocycles. The molecule has 24 heavy (non-hydrogen) atoms. The number of nitrogens with zero attached hydrogens (tertiary/aromatic N) is 4. The lowest BCUT2D eigenvalue weighted by Crippen LogP contribution is -2.57. The van der Waals surface area contributed by atoms with Gasteiger partial charge in [-0.25, -0.2) is 4.79 Å². The van der Waals surface area contributed by atoms with Gasteiger partial charge in [0.2, 0.25) is 0 Å². The van der Waals surface area contributed by atoms with Gasteiger partial charge in [-0.15, -0.1) is 0 Å². The highest BCUT2D eigenvalue weighted by atomic mass is 16.3. The Morgan fingerprint density at radius 3 is 2.54 bits per heavy atom. The molecule has 0 saturated carbocycles. The summed E-state index contributed by atoms with van der Waals surface area (Å²) in [5.41, 5.74) is 1.92. The zero-order valence-corrected chi connectivity index (χ0v) is 15.8. The van der Waals surface area contributed by atoms with Crippen LogP contribution in [0.1, 0.15) is 39.1 Å². The van der Waals surface area contributed by atoms with Crippen molar-refractivity contribution < 1.29 is 9.90 Å². The number of aryl methyl sites for hydroxylation is 2. The van der Waals surface area contributed by atoms with Crippen molar-refractivity contribution in [3.8, 4) is 0 Å². The van der Waals surface area contributed by atoms with E-state index in [1.165, 1.54) is 0 Å². The number of carbonyl (C=O) groups is 1. The topological polar surface area (TPSA) is 73.6 Å². The number of hydrogen-bond donors (Lipinski definition) is 2. The molecule has 2 N–H and O–H groups in total. The molecule has 2 heterocycles. The molecule has 1 fully saturated rings. The fourth-order valence-electron chi connectivity index (χ4n) is 3.39. The molecule has 1 atom stereocenters. The molecule has 2 amide bonds. The van der Waals surface area contributed by atoms with Crippen LogP contribution in [-0.4, -0.2) is 68.5 Å². The molecule has 0 aromatic carbocycles. The lowest BCUT2D eigenvalue weighted by atomic mass is 10.1. The van der Waals surface area contributed by atoms with Gasteiger partial charge in [0.15, 0.2) is 0 Å². The first-order valence-corrected chi connectivity index (χ1v) is 8.68. The Hall–Kier alpha value is -1.60. The predicted octanol–water partition coefficient (Wildman–Crippen LogP) is 1.83. The average molecular weight is 337 g/mol. The van der Waals surface area contributed by atoms with Crippen molar-refractivity contribution in [2.45, 2.75) is 59.7 Å². The van der Waals surface area contributed by atoms with Crippen LogP contribution < -0.4 is 5.32 Å². The quantitative estimate of drug-likeness (QED) is 0.879. The third-order valence-electron chi connectivity index (χ3n) is 4.50. The number of β-amino-alcohol motifs (C(OH)–C–C–N with tert-alkyl or cyclic N) is 1. The number of anilines is 1. The molecule has 136 valence electrons. The molecule has 2 rings (SSSR count). The van der Waals surface area contributed by atoms with E-state index in [1.807, 2.05) is 51.1 Å². The number of amides is 2. The summed E-state index contributed by atoms with van der Waals surface area (Å²) >= 11 is 0. The van der Waals surface area contributed by atoms with Crippen molar-refractivity contribution in [1.82, 2.24) is 19.6 Å². The molecular formula is C17H31N5O2. The summed E-state index contributed by atoms with van der Waals surface area (Å²) in [6.07, 6.45) is 0. The summed E-state index contributed by atoms with van der Waals surface area (Å²) in [5, 5.41) is 17.4. The Balaban J connectivity index is 2.00. The van der Waals surface area contributed by atoms with Crippen molar-refractivity contribution in [3.63, 3.8) is 0 Å². The third kappa shape index (κ3) is 4.27. The maximum Gasteiger partial charge on any atom is 0.322 e. The SMILES string of the molecule is CCn1nc(C)c(NC(=O)N2CCN(CC(C)(C)O)C[C@@H]2C)c1C. The normalized spacial score (nSPS) is 19.6. The van der Waals surface area contributed by atoms with Gasteiger partial charge in [-0.05, 0) is 41.5 Å². The van der Waals surface area contributed by atoms with Crippen LogP contribution in [0, 0.1) is 13.8 Å². The van der Waals surface area contributed by atoms with E-state index in [9.17, 15) is 9.90 Å². The first kappa shape index (κ1) is 18.7. The van der Waals surface area contributed by atoms with E-state index >= 15 is 0 Å². The summed E-state index contributed by atoms with van der Waals surface area (Å²) in [6, 6.07) is 0.0233. The summed E-state index contributed by atoms with van der Waals surface area (Å²) in [7, 11) is 0. The van der Waals surface area contributed by atoms with Gasteiger partial charge in [0.25, 0.3) is 0 Å². The zero-order valence-electron chi connectivity index (χ0n) is 15.8. The molecule has 0 aliphatic carbocycles. The Bertz CT molecular complexity index is 591. The summed E-state index contributed by atoms with van der Waals surface area (Å²) in [4.78, 5) is 16.8. The van der Waals surface area contributed by atoms with Gasteiger partial charge >= 0.3 is 6.03 Å².